The number of aromatic amines is 1. The van der Waals surface area contributed by atoms with Crippen LogP contribution in [-0.4, -0.2) is 44.1 Å². The molecule has 1 unspecified atom stereocenters. The number of aliphatic hydroxyl groups is 1. The zero-order valence-electron chi connectivity index (χ0n) is 11.7. The summed E-state index contributed by atoms with van der Waals surface area (Å²) in [5, 5.41) is 10.5. The van der Waals surface area contributed by atoms with E-state index in [4.69, 9.17) is 18.0 Å². The van der Waals surface area contributed by atoms with E-state index in [1.54, 1.807) is 17.1 Å². The van der Waals surface area contributed by atoms with E-state index in [-0.39, 0.29) is 17.1 Å². The van der Waals surface area contributed by atoms with Gasteiger partial charge in [-0.15, -0.1) is 0 Å². The van der Waals surface area contributed by atoms with Crippen molar-refractivity contribution in [1.82, 2.24) is 39.0 Å². The zero-order chi connectivity index (χ0) is 16.0. The summed E-state index contributed by atoms with van der Waals surface area (Å²) in [4.78, 5) is 23.2. The zero-order valence-corrected chi connectivity index (χ0v) is 12.5. The van der Waals surface area contributed by atoms with Crippen LogP contribution in [0.2, 0.25) is 0 Å². The first-order valence-corrected chi connectivity index (χ1v) is 7.05. The quantitative estimate of drug-likeness (QED) is 0.459. The van der Waals surface area contributed by atoms with Crippen molar-refractivity contribution >= 4 is 40.5 Å². The number of nitrogens with two attached hydrogens (primary N) is 1. The van der Waals surface area contributed by atoms with Gasteiger partial charge in [0.25, 0.3) is 0 Å². The van der Waals surface area contributed by atoms with Gasteiger partial charge in [0.15, 0.2) is 22.5 Å². The second kappa shape index (κ2) is 5.07. The average molecular weight is 329 g/mol. The number of hydrogen-bond donors (Lipinski definition) is 3. The van der Waals surface area contributed by atoms with Gasteiger partial charge in [0.2, 0.25) is 0 Å². The van der Waals surface area contributed by atoms with Crippen LogP contribution in [0.3, 0.4) is 0 Å². The Morgan fingerprint density at radius 1 is 1.30 bits per heavy atom. The number of rotatable bonds is 3. The second-order valence-electron chi connectivity index (χ2n) is 4.89. The summed E-state index contributed by atoms with van der Waals surface area (Å²) < 4.78 is 3.55. The van der Waals surface area contributed by atoms with E-state index in [1.807, 2.05) is 0 Å². The minimum Gasteiger partial charge on any atom is -0.371 e. The topological polar surface area (TPSA) is 136 Å². The third kappa shape index (κ3) is 2.22. The van der Waals surface area contributed by atoms with Gasteiger partial charge in [-0.1, -0.05) is 12.2 Å². The van der Waals surface area contributed by atoms with E-state index in [0.717, 1.165) is 0 Å². The molecule has 4 N–H and O–H groups in total. The van der Waals surface area contributed by atoms with Gasteiger partial charge in [-0.05, 0) is 0 Å². The first kappa shape index (κ1) is 13.7. The molecule has 0 aliphatic rings. The van der Waals surface area contributed by atoms with E-state index in [1.165, 1.54) is 17.2 Å². The van der Waals surface area contributed by atoms with Gasteiger partial charge in [-0.2, -0.15) is 0 Å². The Hall–Kier alpha value is -2.92. The molecule has 0 saturated heterocycles. The fourth-order valence-corrected chi connectivity index (χ4v) is 2.64. The molecular weight excluding hydrogens is 318 g/mol. The molecule has 116 valence electrons. The van der Waals surface area contributed by atoms with Crippen molar-refractivity contribution in [2.24, 2.45) is 0 Å². The monoisotopic (exact) mass is 329 g/mol. The highest BCUT2D eigenvalue weighted by molar-refractivity contribution is 7.71. The summed E-state index contributed by atoms with van der Waals surface area (Å²) in [7, 11) is 0. The highest BCUT2D eigenvalue weighted by atomic mass is 32.1. The van der Waals surface area contributed by atoms with Crippen molar-refractivity contribution in [3.05, 3.63) is 29.8 Å². The van der Waals surface area contributed by atoms with E-state index in [0.29, 0.717) is 22.3 Å². The van der Waals surface area contributed by atoms with Gasteiger partial charge in [0, 0.05) is 0 Å². The number of hydrogen-bond acceptors (Lipinski definition) is 8. The molecule has 0 amide bonds. The number of nitrogen functional groups attached to an aromatic ring is 1. The smallest absolute Gasteiger partial charge is 0.200 e. The lowest BCUT2D eigenvalue weighted by atomic mass is 10.4. The van der Waals surface area contributed by atoms with Gasteiger partial charge >= 0.3 is 0 Å². The fourth-order valence-electron chi connectivity index (χ4n) is 2.39. The predicted octanol–water partition coefficient (Wildman–Crippen LogP) is 0.402. The molecule has 0 fully saturated rings. The Morgan fingerprint density at radius 3 is 3.04 bits per heavy atom. The summed E-state index contributed by atoms with van der Waals surface area (Å²) in [5.41, 5.74) is 7.95. The number of imidazole rings is 2. The minimum absolute atomic E-state index is 0.164. The van der Waals surface area contributed by atoms with E-state index in [9.17, 15) is 5.11 Å². The molecule has 4 aromatic heterocycles. The lowest BCUT2D eigenvalue weighted by Gasteiger charge is -2.14. The molecule has 4 heterocycles. The SMILES string of the molecule is Nc1nc(=S)c2ncn(C(O)Cn3cnc4cncnc43)c2[nH]1. The lowest BCUT2D eigenvalue weighted by Crippen LogP contribution is -2.15. The lowest BCUT2D eigenvalue weighted by molar-refractivity contribution is 0.0893. The summed E-state index contributed by atoms with van der Waals surface area (Å²) >= 11 is 5.12. The number of aliphatic hydroxyl groups excluding tert-OH is 1. The van der Waals surface area contributed by atoms with Crippen LogP contribution in [0.4, 0.5) is 5.95 Å². The first-order valence-electron chi connectivity index (χ1n) is 6.64. The van der Waals surface area contributed by atoms with Crippen LogP contribution in [0.25, 0.3) is 22.3 Å². The highest BCUT2D eigenvalue weighted by Crippen LogP contribution is 2.18. The predicted molar refractivity (Wildman–Crippen MR) is 83.7 cm³/mol. The number of nitrogens with zero attached hydrogens (tertiary/aromatic N) is 7. The molecule has 0 spiro atoms. The van der Waals surface area contributed by atoms with Crippen molar-refractivity contribution in [3.8, 4) is 0 Å². The maximum absolute atomic E-state index is 10.5. The van der Waals surface area contributed by atoms with Crippen LogP contribution in [0.1, 0.15) is 6.23 Å². The van der Waals surface area contributed by atoms with Gasteiger partial charge in [0.05, 0.1) is 25.4 Å². The van der Waals surface area contributed by atoms with Crippen LogP contribution in [0.15, 0.2) is 25.2 Å². The van der Waals surface area contributed by atoms with Crippen LogP contribution in [0, 0.1) is 4.64 Å². The largest absolute Gasteiger partial charge is 0.371 e. The summed E-state index contributed by atoms with van der Waals surface area (Å²) in [5.74, 6) is 0.164. The Labute approximate surface area is 133 Å². The molecule has 10 nitrogen and oxygen atoms in total. The Morgan fingerprint density at radius 2 is 2.17 bits per heavy atom. The molecule has 0 radical (unpaired) electrons. The Kier molecular flexibility index (Phi) is 3.02. The van der Waals surface area contributed by atoms with Crippen molar-refractivity contribution < 1.29 is 5.11 Å². The number of anilines is 1. The van der Waals surface area contributed by atoms with E-state index < -0.39 is 6.23 Å². The standard InChI is InChI=1S/C12H11N9OS/c13-12-18-10-8(11(23)19-12)17-5-21(10)7(22)2-20-4-16-6-1-14-3-15-9(6)20/h1,3-5,7,22H,2H2,(H3,13,18,19,23). The molecule has 0 aliphatic heterocycles. The van der Waals surface area contributed by atoms with Crippen LogP contribution in [-0.2, 0) is 6.54 Å². The summed E-state index contributed by atoms with van der Waals surface area (Å²) in [6.45, 7) is 0.224. The molecule has 0 saturated carbocycles. The Balaban J connectivity index is 1.75. The number of nitrogens with one attached hydrogen (secondary N) is 1. The molecule has 11 heteroatoms. The molecule has 4 aromatic rings. The molecule has 0 aromatic carbocycles. The van der Waals surface area contributed by atoms with Crippen LogP contribution in [0.5, 0.6) is 0 Å². The maximum Gasteiger partial charge on any atom is 0.200 e. The van der Waals surface area contributed by atoms with Crippen molar-refractivity contribution in [3.63, 3.8) is 0 Å². The number of fused-ring (bicyclic) bond motifs is 2. The average Bonchev–Trinajstić information content (AvgIpc) is 3.12. The third-order valence-corrected chi connectivity index (χ3v) is 3.71. The van der Waals surface area contributed by atoms with Crippen molar-refractivity contribution in [1.29, 1.82) is 0 Å². The molecule has 23 heavy (non-hydrogen) atoms. The molecule has 0 bridgehead atoms. The molecule has 0 aliphatic carbocycles. The van der Waals surface area contributed by atoms with Crippen molar-refractivity contribution in [2.75, 3.05) is 5.73 Å². The van der Waals surface area contributed by atoms with Crippen LogP contribution >= 0.6 is 12.2 Å². The maximum atomic E-state index is 10.5. The minimum atomic E-state index is -0.917. The highest BCUT2D eigenvalue weighted by Gasteiger charge is 2.15. The third-order valence-electron chi connectivity index (χ3n) is 3.43. The van der Waals surface area contributed by atoms with E-state index in [2.05, 4.69) is 29.9 Å². The molecule has 1 atom stereocenters. The fraction of sp³-hybridized carbons (Fsp3) is 0.167. The number of H-pyrrole nitrogens is 1. The Bertz CT molecular complexity index is 1070. The van der Waals surface area contributed by atoms with Gasteiger partial charge in [-0.3, -0.25) is 4.57 Å². The molecular formula is C12H11N9OS. The second-order valence-corrected chi connectivity index (χ2v) is 5.27. The van der Waals surface area contributed by atoms with Gasteiger partial charge in [-0.25, -0.2) is 24.9 Å². The van der Waals surface area contributed by atoms with Gasteiger partial charge in [0.1, 0.15) is 23.0 Å². The summed E-state index contributed by atoms with van der Waals surface area (Å²) in [6.07, 6.45) is 5.21. The van der Waals surface area contributed by atoms with Gasteiger partial charge < -0.3 is 20.4 Å². The first-order chi connectivity index (χ1) is 11.1. The van der Waals surface area contributed by atoms with Crippen molar-refractivity contribution in [2.45, 2.75) is 12.8 Å². The number of aromatic nitrogens is 8. The molecule has 4 rings (SSSR count). The normalized spacial score (nSPS) is 12.9. The van der Waals surface area contributed by atoms with E-state index >= 15 is 0 Å². The van der Waals surface area contributed by atoms with Crippen LogP contribution < -0.4 is 5.73 Å². The summed E-state index contributed by atoms with van der Waals surface area (Å²) in [6, 6.07) is 0.